The number of carbonyl (C=O) groups excluding carboxylic acids is 1. The Hall–Kier alpha value is -0.870. The monoisotopic (exact) mass is 193 g/mol. The van der Waals surface area contributed by atoms with Gasteiger partial charge >= 0.3 is 0 Å². The molecule has 0 saturated heterocycles. The lowest BCUT2D eigenvalue weighted by molar-refractivity contribution is 0.0995. The zero-order chi connectivity index (χ0) is 7.56. The zero-order valence-electron chi connectivity index (χ0n) is 5.32. The van der Waals surface area contributed by atoms with Gasteiger partial charge in [0.05, 0.1) is 0 Å². The van der Waals surface area contributed by atoms with Crippen molar-refractivity contribution in [3.05, 3.63) is 23.2 Å². The van der Waals surface area contributed by atoms with Crippen LogP contribution in [-0.2, 0) is 0 Å². The van der Waals surface area contributed by atoms with Gasteiger partial charge in [0.1, 0.15) is 0 Å². The molecule has 1 aromatic heterocycles. The minimum atomic E-state index is -0.668. The van der Waals surface area contributed by atoms with E-state index in [0.717, 1.165) is 0 Å². The Bertz CT molecular complexity index is 266. The van der Waals surface area contributed by atoms with Crippen LogP contribution < -0.4 is 5.73 Å². The van der Waals surface area contributed by atoms with E-state index in [2.05, 4.69) is 9.97 Å². The number of aromatic nitrogens is 2. The van der Waals surface area contributed by atoms with Gasteiger partial charge in [-0.05, 0) is 0 Å². The molecule has 1 heterocycles. The summed E-state index contributed by atoms with van der Waals surface area (Å²) < 4.78 is 0. The molecule has 0 aliphatic rings. The van der Waals surface area contributed by atoms with Crippen molar-refractivity contribution in [2.75, 3.05) is 0 Å². The summed E-state index contributed by atoms with van der Waals surface area (Å²) in [5, 5.41) is 0.0370. The van der Waals surface area contributed by atoms with Crippen LogP contribution in [0.1, 0.15) is 10.5 Å². The lowest BCUT2D eigenvalue weighted by Crippen LogP contribution is -2.13. The number of amides is 1. The third kappa shape index (κ3) is 2.32. The molecule has 0 unspecified atom stereocenters. The Morgan fingerprint density at radius 1 is 1.45 bits per heavy atom. The largest absolute Gasteiger partial charge is 0.364 e. The van der Waals surface area contributed by atoms with Crippen molar-refractivity contribution >= 4 is 29.9 Å². The van der Waals surface area contributed by atoms with Gasteiger partial charge < -0.3 is 5.73 Å². The average molecular weight is 194 g/mol. The first-order valence-electron chi connectivity index (χ1n) is 2.48. The highest BCUT2D eigenvalue weighted by molar-refractivity contribution is 6.32. The number of nitrogens with zero attached hydrogens (tertiary/aromatic N) is 2. The van der Waals surface area contributed by atoms with Crippen LogP contribution in [0.15, 0.2) is 12.4 Å². The van der Waals surface area contributed by atoms with Crippen LogP contribution in [0.25, 0.3) is 0 Å². The Morgan fingerprint density at radius 2 is 2.00 bits per heavy atom. The SMILES string of the molecule is Cl.NC(=O)c1nccnc1Cl. The fraction of sp³-hybridized carbons (Fsp3) is 0. The van der Waals surface area contributed by atoms with Crippen molar-refractivity contribution in [3.63, 3.8) is 0 Å². The second-order valence-corrected chi connectivity index (χ2v) is 1.92. The van der Waals surface area contributed by atoms with Crippen molar-refractivity contribution in [2.45, 2.75) is 0 Å². The topological polar surface area (TPSA) is 68.9 Å². The van der Waals surface area contributed by atoms with Crippen molar-refractivity contribution in [3.8, 4) is 0 Å². The van der Waals surface area contributed by atoms with E-state index >= 15 is 0 Å². The molecule has 2 N–H and O–H groups in total. The Kier molecular flexibility index (Phi) is 3.78. The first kappa shape index (κ1) is 10.1. The molecule has 0 atom stereocenters. The second kappa shape index (κ2) is 4.10. The number of primary amides is 1. The zero-order valence-corrected chi connectivity index (χ0v) is 6.89. The van der Waals surface area contributed by atoms with Crippen LogP contribution in [0, 0.1) is 0 Å². The molecule has 1 aromatic rings. The van der Waals surface area contributed by atoms with Gasteiger partial charge in [-0.25, -0.2) is 9.97 Å². The first-order chi connectivity index (χ1) is 4.72. The molecule has 0 spiro atoms. The van der Waals surface area contributed by atoms with Crippen LogP contribution in [0.4, 0.5) is 0 Å². The molecule has 0 bridgehead atoms. The van der Waals surface area contributed by atoms with Crippen LogP contribution in [0.5, 0.6) is 0 Å². The summed E-state index contributed by atoms with van der Waals surface area (Å²) in [4.78, 5) is 17.7. The third-order valence-corrected chi connectivity index (χ3v) is 1.16. The van der Waals surface area contributed by atoms with Crippen molar-refractivity contribution < 1.29 is 4.79 Å². The van der Waals surface area contributed by atoms with Gasteiger partial charge in [-0.2, -0.15) is 0 Å². The molecule has 0 radical (unpaired) electrons. The average Bonchev–Trinajstić information content (AvgIpc) is 1.88. The summed E-state index contributed by atoms with van der Waals surface area (Å²) in [6.07, 6.45) is 2.74. The number of rotatable bonds is 1. The van der Waals surface area contributed by atoms with Gasteiger partial charge in [-0.1, -0.05) is 11.6 Å². The van der Waals surface area contributed by atoms with Crippen LogP contribution in [-0.4, -0.2) is 15.9 Å². The summed E-state index contributed by atoms with van der Waals surface area (Å²) >= 11 is 5.44. The molecular weight excluding hydrogens is 189 g/mol. The lowest BCUT2D eigenvalue weighted by Gasteiger charge is -1.93. The maximum atomic E-state index is 10.5. The van der Waals surface area contributed by atoms with E-state index in [1.54, 1.807) is 0 Å². The maximum absolute atomic E-state index is 10.5. The normalized spacial score (nSPS) is 8.45. The standard InChI is InChI=1S/C5H4ClN3O.ClH/c6-4-3(5(7)10)8-1-2-9-4;/h1-2H,(H2,7,10);1H. The molecule has 0 fully saturated rings. The first-order valence-corrected chi connectivity index (χ1v) is 2.86. The van der Waals surface area contributed by atoms with Gasteiger partial charge in [0, 0.05) is 12.4 Å². The number of hydrogen-bond acceptors (Lipinski definition) is 3. The third-order valence-electron chi connectivity index (χ3n) is 0.887. The highest BCUT2D eigenvalue weighted by atomic mass is 35.5. The van der Waals surface area contributed by atoms with E-state index in [1.165, 1.54) is 12.4 Å². The summed E-state index contributed by atoms with van der Waals surface area (Å²) in [6, 6.07) is 0. The predicted molar refractivity (Wildman–Crippen MR) is 42.8 cm³/mol. The molecule has 60 valence electrons. The fourth-order valence-corrected chi connectivity index (χ4v) is 0.685. The van der Waals surface area contributed by atoms with Gasteiger partial charge in [0.2, 0.25) is 0 Å². The molecule has 4 nitrogen and oxygen atoms in total. The number of hydrogen-bond donors (Lipinski definition) is 1. The molecule has 11 heavy (non-hydrogen) atoms. The quantitative estimate of drug-likeness (QED) is 0.713. The number of carbonyl (C=O) groups is 1. The number of halogens is 2. The molecular formula is C5H5Cl2N3O. The second-order valence-electron chi connectivity index (χ2n) is 1.56. The Balaban J connectivity index is 0.000001000. The van der Waals surface area contributed by atoms with Gasteiger partial charge in [-0.15, -0.1) is 12.4 Å². The Labute approximate surface area is 74.2 Å². The lowest BCUT2D eigenvalue weighted by atomic mass is 10.4. The minimum Gasteiger partial charge on any atom is -0.364 e. The van der Waals surface area contributed by atoms with E-state index in [1.807, 2.05) is 0 Å². The summed E-state index contributed by atoms with van der Waals surface area (Å²) in [7, 11) is 0. The highest BCUT2D eigenvalue weighted by Gasteiger charge is 2.06. The van der Waals surface area contributed by atoms with Crippen LogP contribution in [0.2, 0.25) is 5.15 Å². The molecule has 0 aliphatic heterocycles. The fourth-order valence-electron chi connectivity index (χ4n) is 0.486. The minimum absolute atomic E-state index is 0. The van der Waals surface area contributed by atoms with E-state index in [9.17, 15) is 4.79 Å². The molecule has 0 saturated carbocycles. The van der Waals surface area contributed by atoms with Crippen molar-refractivity contribution in [1.82, 2.24) is 9.97 Å². The Morgan fingerprint density at radius 3 is 2.36 bits per heavy atom. The van der Waals surface area contributed by atoms with E-state index < -0.39 is 5.91 Å². The summed E-state index contributed by atoms with van der Waals surface area (Å²) in [5.74, 6) is -0.668. The van der Waals surface area contributed by atoms with Crippen molar-refractivity contribution in [1.29, 1.82) is 0 Å². The predicted octanol–water partition coefficient (Wildman–Crippen LogP) is 0.651. The molecule has 1 amide bonds. The van der Waals surface area contributed by atoms with E-state index in [4.69, 9.17) is 17.3 Å². The molecule has 6 heteroatoms. The highest BCUT2D eigenvalue weighted by Crippen LogP contribution is 2.06. The van der Waals surface area contributed by atoms with Gasteiger partial charge in [-0.3, -0.25) is 4.79 Å². The van der Waals surface area contributed by atoms with Crippen LogP contribution >= 0.6 is 24.0 Å². The smallest absolute Gasteiger partial charge is 0.270 e. The number of nitrogens with two attached hydrogens (primary N) is 1. The van der Waals surface area contributed by atoms with Crippen molar-refractivity contribution in [2.24, 2.45) is 5.73 Å². The maximum Gasteiger partial charge on any atom is 0.270 e. The van der Waals surface area contributed by atoms with Crippen LogP contribution in [0.3, 0.4) is 0 Å². The van der Waals surface area contributed by atoms with Gasteiger partial charge in [0.25, 0.3) is 5.91 Å². The summed E-state index contributed by atoms with van der Waals surface area (Å²) in [5.41, 5.74) is 4.89. The molecule has 0 aliphatic carbocycles. The van der Waals surface area contributed by atoms with Gasteiger partial charge in [0.15, 0.2) is 10.8 Å². The molecule has 0 aromatic carbocycles. The van der Waals surface area contributed by atoms with E-state index in [-0.39, 0.29) is 23.3 Å². The summed E-state index contributed by atoms with van der Waals surface area (Å²) in [6.45, 7) is 0. The molecule has 1 rings (SSSR count). The van der Waals surface area contributed by atoms with E-state index in [0.29, 0.717) is 0 Å².